The summed E-state index contributed by atoms with van der Waals surface area (Å²) in [5.74, 6) is 1.73. The van der Waals surface area contributed by atoms with Crippen molar-refractivity contribution < 1.29 is 4.79 Å². The molecule has 0 fully saturated rings. The van der Waals surface area contributed by atoms with Crippen molar-refractivity contribution in [2.75, 3.05) is 0 Å². The molecule has 0 aliphatic carbocycles. The minimum absolute atomic E-state index is 0.620. The summed E-state index contributed by atoms with van der Waals surface area (Å²) in [4.78, 5) is 10.0. The van der Waals surface area contributed by atoms with Crippen molar-refractivity contribution >= 4 is 6.29 Å². The maximum Gasteiger partial charge on any atom is 0.198 e. The third-order valence-electron chi connectivity index (χ3n) is 4.12. The molecule has 123 valence electrons. The lowest BCUT2D eigenvalue weighted by Crippen LogP contribution is -1.96. The van der Waals surface area contributed by atoms with Crippen LogP contribution in [0, 0.1) is 11.8 Å². The molecule has 0 heterocycles. The minimum Gasteiger partial charge on any atom is -0.291 e. The van der Waals surface area contributed by atoms with Crippen LogP contribution in [0.15, 0.2) is 12.2 Å². The van der Waals surface area contributed by atoms with Crippen molar-refractivity contribution in [1.29, 1.82) is 0 Å². The van der Waals surface area contributed by atoms with E-state index >= 15 is 0 Å². The van der Waals surface area contributed by atoms with Gasteiger partial charge in [-0.3, -0.25) is 4.79 Å². The van der Waals surface area contributed by atoms with Crippen LogP contribution in [-0.2, 0) is 4.79 Å². The third-order valence-corrected chi connectivity index (χ3v) is 4.12. The topological polar surface area (TPSA) is 17.1 Å². The molecule has 1 nitrogen and oxygen atoms in total. The first-order chi connectivity index (χ1) is 10.2. The predicted molar refractivity (Wildman–Crippen MR) is 94.2 cm³/mol. The quantitative estimate of drug-likeness (QED) is 0.245. The number of rotatable bonds is 15. The Morgan fingerprint density at radius 3 is 2.14 bits per heavy atom. The van der Waals surface area contributed by atoms with Crippen LogP contribution >= 0.6 is 0 Å². The minimum atomic E-state index is 0.620. The highest BCUT2D eigenvalue weighted by molar-refractivity contribution is 5.50. The summed E-state index contributed by atoms with van der Waals surface area (Å²) in [5.41, 5.74) is 0. The van der Waals surface area contributed by atoms with Crippen LogP contribution in [0.2, 0.25) is 0 Å². The lowest BCUT2D eigenvalue weighted by atomic mass is 9.96. The van der Waals surface area contributed by atoms with E-state index in [2.05, 4.69) is 32.9 Å². The standard InChI is InChI=1S/C20H37O/c1-19(2)15-14-17-20(3)16-12-10-8-6-4-5-7-9-11-13-18-21/h8,10,19-20H,4-7,9,11-17H2,1-3H3/b10-8-. The Morgan fingerprint density at radius 1 is 0.762 bits per heavy atom. The average molecular weight is 294 g/mol. The van der Waals surface area contributed by atoms with Gasteiger partial charge in [0.25, 0.3) is 0 Å². The molecule has 0 aromatic carbocycles. The highest BCUT2D eigenvalue weighted by Gasteiger charge is 2.01. The first-order valence-electron chi connectivity index (χ1n) is 9.16. The van der Waals surface area contributed by atoms with Gasteiger partial charge in [-0.15, -0.1) is 0 Å². The molecule has 0 bridgehead atoms. The smallest absolute Gasteiger partial charge is 0.198 e. The molecule has 1 atom stereocenters. The Balaban J connectivity index is 3.26. The summed E-state index contributed by atoms with van der Waals surface area (Å²) < 4.78 is 0. The first-order valence-corrected chi connectivity index (χ1v) is 9.16. The summed E-state index contributed by atoms with van der Waals surface area (Å²) >= 11 is 0. The van der Waals surface area contributed by atoms with Crippen LogP contribution in [0.5, 0.6) is 0 Å². The van der Waals surface area contributed by atoms with Gasteiger partial charge in [0.05, 0.1) is 0 Å². The molecule has 0 aromatic heterocycles. The second-order valence-electron chi connectivity index (χ2n) is 6.93. The van der Waals surface area contributed by atoms with Crippen molar-refractivity contribution in [1.82, 2.24) is 0 Å². The molecule has 0 amide bonds. The van der Waals surface area contributed by atoms with Gasteiger partial charge >= 0.3 is 0 Å². The Bertz CT molecular complexity index is 242. The van der Waals surface area contributed by atoms with Gasteiger partial charge in [0.15, 0.2) is 6.29 Å². The molecule has 1 heteroatoms. The van der Waals surface area contributed by atoms with Gasteiger partial charge in [-0.25, -0.2) is 0 Å². The van der Waals surface area contributed by atoms with E-state index in [1.165, 1.54) is 64.2 Å². The van der Waals surface area contributed by atoms with E-state index < -0.39 is 0 Å². The van der Waals surface area contributed by atoms with Crippen molar-refractivity contribution in [3.05, 3.63) is 12.2 Å². The normalized spacial score (nSPS) is 13.1. The summed E-state index contributed by atoms with van der Waals surface area (Å²) in [5, 5.41) is 0. The van der Waals surface area contributed by atoms with E-state index in [-0.39, 0.29) is 0 Å². The number of allylic oxidation sites excluding steroid dienone is 2. The molecule has 0 rings (SSSR count). The molecule has 0 saturated carbocycles. The molecule has 0 aliphatic heterocycles. The van der Waals surface area contributed by atoms with Gasteiger partial charge in [0.2, 0.25) is 0 Å². The first kappa shape index (κ1) is 20.4. The van der Waals surface area contributed by atoms with Crippen molar-refractivity contribution in [3.63, 3.8) is 0 Å². The maximum absolute atomic E-state index is 10.0. The summed E-state index contributed by atoms with van der Waals surface area (Å²) in [6, 6.07) is 0. The molecule has 0 spiro atoms. The highest BCUT2D eigenvalue weighted by atomic mass is 16.1. The second kappa shape index (κ2) is 15.8. The fourth-order valence-corrected chi connectivity index (χ4v) is 2.63. The van der Waals surface area contributed by atoms with Gasteiger partial charge in [0, 0.05) is 6.42 Å². The zero-order valence-corrected chi connectivity index (χ0v) is 14.7. The summed E-state index contributed by atoms with van der Waals surface area (Å²) in [6.07, 6.45) is 21.4. The van der Waals surface area contributed by atoms with E-state index in [0.717, 1.165) is 18.3 Å². The second-order valence-corrected chi connectivity index (χ2v) is 6.93. The van der Waals surface area contributed by atoms with Crippen LogP contribution in [0.1, 0.15) is 97.8 Å². The van der Waals surface area contributed by atoms with Gasteiger partial charge in [0.1, 0.15) is 0 Å². The van der Waals surface area contributed by atoms with Crippen molar-refractivity contribution in [3.8, 4) is 0 Å². The van der Waals surface area contributed by atoms with Crippen molar-refractivity contribution in [2.24, 2.45) is 11.8 Å². The lowest BCUT2D eigenvalue weighted by molar-refractivity contribution is 0.439. The van der Waals surface area contributed by atoms with E-state index in [1.54, 1.807) is 0 Å². The number of hydrogen-bond acceptors (Lipinski definition) is 1. The summed E-state index contributed by atoms with van der Waals surface area (Å²) in [7, 11) is 0. The SMILES string of the molecule is CC(C)CCCC(C)CC/C=C\CCCCCCC[C]=O. The fourth-order valence-electron chi connectivity index (χ4n) is 2.63. The lowest BCUT2D eigenvalue weighted by Gasteiger charge is -2.10. The van der Waals surface area contributed by atoms with Crippen LogP contribution < -0.4 is 0 Å². The maximum atomic E-state index is 10.0. The highest BCUT2D eigenvalue weighted by Crippen LogP contribution is 2.17. The van der Waals surface area contributed by atoms with E-state index in [1.807, 2.05) is 6.29 Å². The van der Waals surface area contributed by atoms with Crippen LogP contribution in [0.3, 0.4) is 0 Å². The van der Waals surface area contributed by atoms with Crippen LogP contribution in [-0.4, -0.2) is 6.29 Å². The Hall–Kier alpha value is -0.590. The molecular formula is C20H37O. The van der Waals surface area contributed by atoms with Crippen molar-refractivity contribution in [2.45, 2.75) is 97.8 Å². The Morgan fingerprint density at radius 2 is 1.43 bits per heavy atom. The zero-order chi connectivity index (χ0) is 15.8. The molecule has 0 N–H and O–H groups in total. The molecular weight excluding hydrogens is 256 g/mol. The number of carbonyl (C=O) groups excluding carboxylic acids is 1. The zero-order valence-electron chi connectivity index (χ0n) is 14.7. The molecule has 0 saturated heterocycles. The molecule has 1 unspecified atom stereocenters. The molecule has 0 aliphatic rings. The monoisotopic (exact) mass is 293 g/mol. The van der Waals surface area contributed by atoms with Crippen LogP contribution in [0.25, 0.3) is 0 Å². The van der Waals surface area contributed by atoms with E-state index in [4.69, 9.17) is 0 Å². The van der Waals surface area contributed by atoms with Gasteiger partial charge in [-0.1, -0.05) is 71.4 Å². The fraction of sp³-hybridized carbons (Fsp3) is 0.850. The molecule has 21 heavy (non-hydrogen) atoms. The predicted octanol–water partition coefficient (Wildman–Crippen LogP) is 6.63. The summed E-state index contributed by atoms with van der Waals surface area (Å²) in [6.45, 7) is 7.02. The molecule has 1 radical (unpaired) electrons. The third kappa shape index (κ3) is 17.4. The Labute approximate surface area is 133 Å². The van der Waals surface area contributed by atoms with E-state index in [9.17, 15) is 4.79 Å². The van der Waals surface area contributed by atoms with E-state index in [0.29, 0.717) is 6.42 Å². The Kier molecular flexibility index (Phi) is 15.3. The molecule has 0 aromatic rings. The number of unbranched alkanes of at least 4 members (excludes halogenated alkanes) is 6. The van der Waals surface area contributed by atoms with Gasteiger partial charge in [-0.05, 0) is 43.9 Å². The largest absolute Gasteiger partial charge is 0.291 e. The average Bonchev–Trinajstić information content (AvgIpc) is 2.44. The van der Waals surface area contributed by atoms with Gasteiger partial charge in [-0.2, -0.15) is 0 Å². The van der Waals surface area contributed by atoms with Gasteiger partial charge < -0.3 is 0 Å². The van der Waals surface area contributed by atoms with Crippen LogP contribution in [0.4, 0.5) is 0 Å². The number of hydrogen-bond donors (Lipinski definition) is 0.